The largest absolute Gasteiger partial charge is 0.444 e. The normalized spacial score (nSPS) is 27.2. The molecule has 1 rings (SSSR count). The van der Waals surface area contributed by atoms with Gasteiger partial charge in [0.2, 0.25) is 0 Å². The Balaban J connectivity index is 2.63. The van der Waals surface area contributed by atoms with Crippen molar-refractivity contribution < 1.29 is 19.0 Å². The summed E-state index contributed by atoms with van der Waals surface area (Å²) in [6.45, 7) is 13.8. The topological polar surface area (TPSA) is 56.8 Å². The molecule has 5 heteroatoms. The van der Waals surface area contributed by atoms with Gasteiger partial charge in [-0.3, -0.25) is 0 Å². The van der Waals surface area contributed by atoms with Crippen LogP contribution in [0.2, 0.25) is 0 Å². The molecule has 1 N–H and O–H groups in total. The molecule has 2 unspecified atom stereocenters. The number of alkyl carbamates (subject to hydrolysis) is 1. The van der Waals surface area contributed by atoms with Crippen LogP contribution in [0.3, 0.4) is 0 Å². The minimum Gasteiger partial charge on any atom is -0.444 e. The van der Waals surface area contributed by atoms with Gasteiger partial charge in [0.1, 0.15) is 5.60 Å². The lowest BCUT2D eigenvalue weighted by Crippen LogP contribution is -2.58. The highest BCUT2D eigenvalue weighted by molar-refractivity contribution is 5.68. The van der Waals surface area contributed by atoms with E-state index in [-0.39, 0.29) is 18.1 Å². The highest BCUT2D eigenvalue weighted by Gasteiger charge is 2.39. The van der Waals surface area contributed by atoms with Crippen LogP contribution >= 0.6 is 0 Å². The summed E-state index contributed by atoms with van der Waals surface area (Å²) in [5, 5.41) is 2.83. The molecule has 1 aliphatic heterocycles. The van der Waals surface area contributed by atoms with E-state index in [9.17, 15) is 4.79 Å². The molecular weight excluding hydrogens is 246 g/mol. The predicted molar refractivity (Wildman–Crippen MR) is 72.9 cm³/mol. The second kappa shape index (κ2) is 5.67. The molecule has 2 atom stereocenters. The summed E-state index contributed by atoms with van der Waals surface area (Å²) >= 11 is 0. The summed E-state index contributed by atoms with van der Waals surface area (Å²) in [6, 6.07) is -0.192. The van der Waals surface area contributed by atoms with Crippen LogP contribution in [0, 0.1) is 5.92 Å². The zero-order valence-corrected chi connectivity index (χ0v) is 13.1. The number of hydrogen-bond acceptors (Lipinski definition) is 4. The fourth-order valence-electron chi connectivity index (χ4n) is 2.01. The van der Waals surface area contributed by atoms with Crippen molar-refractivity contribution in [1.82, 2.24) is 5.32 Å². The van der Waals surface area contributed by atoms with Gasteiger partial charge in [-0.05, 0) is 40.5 Å². The highest BCUT2D eigenvalue weighted by atomic mass is 16.7. The summed E-state index contributed by atoms with van der Waals surface area (Å²) in [4.78, 5) is 11.8. The van der Waals surface area contributed by atoms with E-state index in [4.69, 9.17) is 14.2 Å². The van der Waals surface area contributed by atoms with Gasteiger partial charge in [-0.25, -0.2) is 4.79 Å². The van der Waals surface area contributed by atoms with Crippen molar-refractivity contribution in [2.75, 3.05) is 6.61 Å². The van der Waals surface area contributed by atoms with E-state index in [1.165, 1.54) is 0 Å². The van der Waals surface area contributed by atoms with Crippen LogP contribution in [0.25, 0.3) is 0 Å². The molecule has 0 aromatic carbocycles. The zero-order valence-electron chi connectivity index (χ0n) is 13.1. The van der Waals surface area contributed by atoms with E-state index < -0.39 is 17.5 Å². The number of ether oxygens (including phenoxy) is 3. The first-order valence-electron chi connectivity index (χ1n) is 6.81. The van der Waals surface area contributed by atoms with Crippen LogP contribution < -0.4 is 5.32 Å². The molecule has 1 heterocycles. The van der Waals surface area contributed by atoms with E-state index >= 15 is 0 Å². The number of hydrogen-bond donors (Lipinski definition) is 1. The van der Waals surface area contributed by atoms with Gasteiger partial charge in [0.25, 0.3) is 0 Å². The maximum absolute atomic E-state index is 11.8. The SMILES string of the molecule is CC(C)C1OC(C)(C)OCC1NC(=O)OC(C)(C)C. The zero-order chi connectivity index (χ0) is 14.8. The Hall–Kier alpha value is -0.810. The van der Waals surface area contributed by atoms with E-state index in [1.807, 2.05) is 34.6 Å². The maximum Gasteiger partial charge on any atom is 0.408 e. The molecule has 1 amide bonds. The quantitative estimate of drug-likeness (QED) is 0.840. The van der Waals surface area contributed by atoms with Crippen molar-refractivity contribution in [2.24, 2.45) is 5.92 Å². The predicted octanol–water partition coefficient (Wildman–Crippen LogP) is 2.69. The Bertz CT molecular complexity index is 320. The molecule has 0 bridgehead atoms. The van der Waals surface area contributed by atoms with Gasteiger partial charge in [-0.2, -0.15) is 0 Å². The standard InChI is InChI=1S/C14H27NO4/c1-9(2)11-10(8-17-14(6,7)18-11)15-12(16)19-13(3,4)5/h9-11H,8H2,1-7H3,(H,15,16). The Kier molecular flexibility index (Phi) is 4.85. The molecule has 0 aliphatic carbocycles. The first kappa shape index (κ1) is 16.2. The van der Waals surface area contributed by atoms with Crippen molar-refractivity contribution in [3.05, 3.63) is 0 Å². The van der Waals surface area contributed by atoms with Crippen LogP contribution in [0.1, 0.15) is 48.5 Å². The summed E-state index contributed by atoms with van der Waals surface area (Å²) < 4.78 is 16.7. The first-order chi connectivity index (χ1) is 8.50. The molecule has 0 radical (unpaired) electrons. The smallest absolute Gasteiger partial charge is 0.408 e. The molecule has 1 aliphatic rings. The number of carbonyl (C=O) groups is 1. The average Bonchev–Trinajstić information content (AvgIpc) is 2.17. The lowest BCUT2D eigenvalue weighted by atomic mass is 9.98. The van der Waals surface area contributed by atoms with Gasteiger partial charge >= 0.3 is 6.09 Å². The highest BCUT2D eigenvalue weighted by Crippen LogP contribution is 2.26. The van der Waals surface area contributed by atoms with Gasteiger partial charge in [-0.1, -0.05) is 13.8 Å². The molecule has 0 aromatic heterocycles. The Morgan fingerprint density at radius 3 is 2.42 bits per heavy atom. The summed E-state index contributed by atoms with van der Waals surface area (Å²) in [5.41, 5.74) is -0.507. The second-order valence-electron chi connectivity index (χ2n) is 6.79. The average molecular weight is 273 g/mol. The van der Waals surface area contributed by atoms with Crippen molar-refractivity contribution in [1.29, 1.82) is 0 Å². The molecule has 0 spiro atoms. The fraction of sp³-hybridized carbons (Fsp3) is 0.929. The van der Waals surface area contributed by atoms with Crippen LogP contribution in [-0.4, -0.2) is 36.2 Å². The maximum atomic E-state index is 11.8. The van der Waals surface area contributed by atoms with Crippen molar-refractivity contribution in [3.63, 3.8) is 0 Å². The fourth-order valence-corrected chi connectivity index (χ4v) is 2.01. The molecule has 112 valence electrons. The minimum absolute atomic E-state index is 0.0868. The molecule has 0 saturated carbocycles. The van der Waals surface area contributed by atoms with Crippen molar-refractivity contribution in [3.8, 4) is 0 Å². The Morgan fingerprint density at radius 1 is 1.37 bits per heavy atom. The molecule has 1 saturated heterocycles. The first-order valence-corrected chi connectivity index (χ1v) is 6.81. The van der Waals surface area contributed by atoms with Crippen molar-refractivity contribution in [2.45, 2.75) is 72.0 Å². The molecule has 19 heavy (non-hydrogen) atoms. The monoisotopic (exact) mass is 273 g/mol. The van der Waals surface area contributed by atoms with Gasteiger partial charge in [0.05, 0.1) is 18.8 Å². The summed E-state index contributed by atoms with van der Waals surface area (Å²) in [7, 11) is 0. The minimum atomic E-state index is -0.610. The lowest BCUT2D eigenvalue weighted by Gasteiger charge is -2.43. The van der Waals surface area contributed by atoms with Gasteiger partial charge in [0, 0.05) is 0 Å². The molecule has 5 nitrogen and oxygen atoms in total. The number of nitrogens with one attached hydrogen (secondary N) is 1. The van der Waals surface area contributed by atoms with E-state index in [2.05, 4.69) is 19.2 Å². The van der Waals surface area contributed by atoms with Crippen LogP contribution in [0.15, 0.2) is 0 Å². The van der Waals surface area contributed by atoms with E-state index in [0.717, 1.165) is 0 Å². The number of amides is 1. The molecule has 1 fully saturated rings. The van der Waals surface area contributed by atoms with Gasteiger partial charge in [-0.15, -0.1) is 0 Å². The number of carbonyl (C=O) groups excluding carboxylic acids is 1. The lowest BCUT2D eigenvalue weighted by molar-refractivity contribution is -0.289. The number of rotatable bonds is 2. The van der Waals surface area contributed by atoms with Crippen LogP contribution in [0.4, 0.5) is 4.79 Å². The van der Waals surface area contributed by atoms with Gasteiger partial charge < -0.3 is 19.5 Å². The van der Waals surface area contributed by atoms with E-state index in [0.29, 0.717) is 6.61 Å². The third-order valence-electron chi connectivity index (χ3n) is 2.79. The molecule has 0 aromatic rings. The summed E-state index contributed by atoms with van der Waals surface area (Å²) in [6.07, 6.45) is -0.522. The third kappa shape index (κ3) is 5.37. The molecular formula is C14H27NO4. The Morgan fingerprint density at radius 2 is 1.95 bits per heavy atom. The second-order valence-corrected chi connectivity index (χ2v) is 6.79. The Labute approximate surface area is 116 Å². The van der Waals surface area contributed by atoms with Crippen LogP contribution in [-0.2, 0) is 14.2 Å². The third-order valence-corrected chi connectivity index (χ3v) is 2.79. The van der Waals surface area contributed by atoms with Gasteiger partial charge in [0.15, 0.2) is 5.79 Å². The van der Waals surface area contributed by atoms with E-state index in [1.54, 1.807) is 0 Å². The van der Waals surface area contributed by atoms with Crippen molar-refractivity contribution >= 4 is 6.09 Å². The van der Waals surface area contributed by atoms with Crippen LogP contribution in [0.5, 0.6) is 0 Å². The summed E-state index contributed by atoms with van der Waals surface area (Å²) in [5.74, 6) is -0.329.